The van der Waals surface area contributed by atoms with Crippen molar-refractivity contribution >= 4 is 22.6 Å². The summed E-state index contributed by atoms with van der Waals surface area (Å²) in [6.45, 7) is 0.291. The minimum atomic E-state index is -0.272. The van der Waals surface area contributed by atoms with Crippen LogP contribution < -0.4 is 4.90 Å². The molecule has 0 radical (unpaired) electrons. The summed E-state index contributed by atoms with van der Waals surface area (Å²) in [5, 5.41) is 9.35. The molecule has 1 amide bonds. The SMILES string of the molecule is O=C(c1cccc2[nH]c(CO)nc12)N1CC2(CCCC2)c2c(F)cccc21. The maximum Gasteiger partial charge on any atom is 0.260 e. The first-order valence-corrected chi connectivity index (χ1v) is 9.32. The summed E-state index contributed by atoms with van der Waals surface area (Å²) in [4.78, 5) is 22.5. The molecule has 6 heteroatoms. The van der Waals surface area contributed by atoms with Gasteiger partial charge in [0.1, 0.15) is 23.8 Å². The zero-order valence-electron chi connectivity index (χ0n) is 14.8. The number of aromatic amines is 1. The molecule has 2 N–H and O–H groups in total. The summed E-state index contributed by atoms with van der Waals surface area (Å²) in [5.41, 5.74) is 2.81. The molecule has 0 saturated heterocycles. The molecule has 0 atom stereocenters. The van der Waals surface area contributed by atoms with Gasteiger partial charge in [0, 0.05) is 17.5 Å². The lowest BCUT2D eigenvalue weighted by molar-refractivity contribution is 0.0986. The number of carbonyl (C=O) groups is 1. The molecule has 0 unspecified atom stereocenters. The van der Waals surface area contributed by atoms with Crippen LogP contribution >= 0.6 is 0 Å². The summed E-state index contributed by atoms with van der Waals surface area (Å²) in [5.74, 6) is 0.0304. The molecule has 5 nitrogen and oxygen atoms in total. The number of halogens is 1. The lowest BCUT2D eigenvalue weighted by Gasteiger charge is -2.25. The third kappa shape index (κ3) is 2.33. The van der Waals surface area contributed by atoms with Crippen LogP contribution in [0.3, 0.4) is 0 Å². The van der Waals surface area contributed by atoms with Crippen LogP contribution in [-0.2, 0) is 12.0 Å². The third-order valence-corrected chi connectivity index (χ3v) is 6.02. The van der Waals surface area contributed by atoms with Crippen LogP contribution in [0.5, 0.6) is 0 Å². The Morgan fingerprint density at radius 2 is 2.00 bits per heavy atom. The minimum absolute atomic E-state index is 0.174. The van der Waals surface area contributed by atoms with E-state index >= 15 is 0 Å². The predicted octanol–water partition coefficient (Wildman–Crippen LogP) is 3.67. The largest absolute Gasteiger partial charge is 0.388 e. The summed E-state index contributed by atoms with van der Waals surface area (Å²) >= 11 is 0. The molecule has 138 valence electrons. The second kappa shape index (κ2) is 5.89. The summed E-state index contributed by atoms with van der Waals surface area (Å²) in [6, 6.07) is 10.4. The molecule has 1 aromatic heterocycles. The summed E-state index contributed by atoms with van der Waals surface area (Å²) < 4.78 is 14.7. The van der Waals surface area contributed by atoms with Gasteiger partial charge in [0.25, 0.3) is 5.91 Å². The fraction of sp³-hybridized carbons (Fsp3) is 0.333. The standard InChI is InChI=1S/C21H20FN3O2/c22-14-6-4-8-16-18(14)21(9-1-2-10-21)12-25(16)20(27)13-5-3-7-15-19(13)24-17(11-26)23-15/h3-8,26H,1-2,9-12H2,(H,23,24). The van der Waals surface area contributed by atoms with Crippen molar-refractivity contribution in [3.8, 4) is 0 Å². The zero-order valence-corrected chi connectivity index (χ0v) is 14.8. The van der Waals surface area contributed by atoms with Crippen LogP contribution in [0.2, 0.25) is 0 Å². The first-order valence-electron chi connectivity index (χ1n) is 9.32. The van der Waals surface area contributed by atoms with Gasteiger partial charge in [0.05, 0.1) is 16.8 Å². The van der Waals surface area contributed by atoms with E-state index in [2.05, 4.69) is 9.97 Å². The Bertz CT molecular complexity index is 1050. The van der Waals surface area contributed by atoms with Crippen molar-refractivity contribution in [1.29, 1.82) is 0 Å². The molecule has 1 fully saturated rings. The number of carbonyl (C=O) groups excluding carboxylic acids is 1. The van der Waals surface area contributed by atoms with E-state index < -0.39 is 0 Å². The number of anilines is 1. The van der Waals surface area contributed by atoms with Gasteiger partial charge in [0.15, 0.2) is 0 Å². The van der Waals surface area contributed by atoms with E-state index in [0.29, 0.717) is 40.2 Å². The van der Waals surface area contributed by atoms with Crippen LogP contribution in [0, 0.1) is 5.82 Å². The van der Waals surface area contributed by atoms with Gasteiger partial charge in [0.2, 0.25) is 0 Å². The lowest BCUT2D eigenvalue weighted by Crippen LogP contribution is -2.35. The Hall–Kier alpha value is -2.73. The number of nitrogens with zero attached hydrogens (tertiary/aromatic N) is 2. The molecule has 1 spiro atoms. The molecule has 1 saturated carbocycles. The average molecular weight is 365 g/mol. The Morgan fingerprint density at radius 3 is 2.78 bits per heavy atom. The van der Waals surface area contributed by atoms with Crippen molar-refractivity contribution in [2.45, 2.75) is 37.7 Å². The third-order valence-electron chi connectivity index (χ3n) is 6.02. The summed E-state index contributed by atoms with van der Waals surface area (Å²) in [6.07, 6.45) is 3.94. The van der Waals surface area contributed by atoms with Crippen molar-refractivity contribution < 1.29 is 14.3 Å². The van der Waals surface area contributed by atoms with Crippen LogP contribution in [0.4, 0.5) is 10.1 Å². The van der Waals surface area contributed by atoms with Gasteiger partial charge in [-0.25, -0.2) is 9.37 Å². The number of benzene rings is 2. The van der Waals surface area contributed by atoms with Gasteiger partial charge in [-0.3, -0.25) is 4.79 Å². The van der Waals surface area contributed by atoms with Crippen molar-refractivity contribution in [3.63, 3.8) is 0 Å². The number of H-pyrrole nitrogens is 1. The van der Waals surface area contributed by atoms with Crippen molar-refractivity contribution in [3.05, 3.63) is 59.2 Å². The summed E-state index contributed by atoms with van der Waals surface area (Å²) in [7, 11) is 0. The molecule has 1 aliphatic heterocycles. The fourth-order valence-electron chi connectivity index (χ4n) is 4.85. The number of hydrogen-bond donors (Lipinski definition) is 2. The van der Waals surface area contributed by atoms with E-state index in [9.17, 15) is 14.3 Å². The van der Waals surface area contributed by atoms with E-state index in [-0.39, 0.29) is 23.7 Å². The van der Waals surface area contributed by atoms with Crippen LogP contribution in [0.1, 0.15) is 47.4 Å². The lowest BCUT2D eigenvalue weighted by atomic mass is 9.80. The molecule has 2 heterocycles. The number of hydrogen-bond acceptors (Lipinski definition) is 3. The quantitative estimate of drug-likeness (QED) is 0.728. The number of aliphatic hydroxyl groups excluding tert-OH is 1. The molecular weight excluding hydrogens is 345 g/mol. The first kappa shape index (κ1) is 16.4. The van der Waals surface area contributed by atoms with E-state index in [1.54, 1.807) is 23.1 Å². The maximum atomic E-state index is 14.7. The first-order chi connectivity index (χ1) is 13.1. The van der Waals surface area contributed by atoms with Gasteiger partial charge in [-0.1, -0.05) is 25.0 Å². The number of nitrogens with one attached hydrogen (secondary N) is 1. The number of aromatic nitrogens is 2. The van der Waals surface area contributed by atoms with Crippen LogP contribution in [0.25, 0.3) is 11.0 Å². The van der Waals surface area contributed by atoms with E-state index in [4.69, 9.17) is 0 Å². The van der Waals surface area contributed by atoms with Gasteiger partial charge in [-0.05, 0) is 37.1 Å². The van der Waals surface area contributed by atoms with Gasteiger partial charge in [-0.15, -0.1) is 0 Å². The van der Waals surface area contributed by atoms with E-state index in [0.717, 1.165) is 25.7 Å². The van der Waals surface area contributed by atoms with Gasteiger partial charge < -0.3 is 15.0 Å². The zero-order chi connectivity index (χ0) is 18.6. The smallest absolute Gasteiger partial charge is 0.260 e. The van der Waals surface area contributed by atoms with E-state index in [1.807, 2.05) is 12.1 Å². The maximum absolute atomic E-state index is 14.7. The number of aliphatic hydroxyl groups is 1. The second-order valence-electron chi connectivity index (χ2n) is 7.56. The Morgan fingerprint density at radius 1 is 1.22 bits per heavy atom. The van der Waals surface area contributed by atoms with Crippen molar-refractivity contribution in [2.75, 3.05) is 11.4 Å². The predicted molar refractivity (Wildman–Crippen MR) is 100 cm³/mol. The van der Waals surface area contributed by atoms with Gasteiger partial charge >= 0.3 is 0 Å². The Labute approximate surface area is 155 Å². The molecular formula is C21H20FN3O2. The molecule has 3 aromatic rings. The van der Waals surface area contributed by atoms with Crippen molar-refractivity contribution in [1.82, 2.24) is 9.97 Å². The number of imidazole rings is 1. The Balaban J connectivity index is 1.63. The van der Waals surface area contributed by atoms with Gasteiger partial charge in [-0.2, -0.15) is 0 Å². The van der Waals surface area contributed by atoms with Crippen LogP contribution in [0.15, 0.2) is 36.4 Å². The van der Waals surface area contributed by atoms with Crippen LogP contribution in [-0.4, -0.2) is 27.5 Å². The fourth-order valence-corrected chi connectivity index (χ4v) is 4.85. The second-order valence-corrected chi connectivity index (χ2v) is 7.56. The number of rotatable bonds is 2. The molecule has 0 bridgehead atoms. The monoisotopic (exact) mass is 365 g/mol. The number of fused-ring (bicyclic) bond motifs is 3. The van der Waals surface area contributed by atoms with Crippen molar-refractivity contribution in [2.24, 2.45) is 0 Å². The molecule has 5 rings (SSSR count). The molecule has 1 aliphatic carbocycles. The normalized spacial score (nSPS) is 17.8. The molecule has 27 heavy (non-hydrogen) atoms. The highest BCUT2D eigenvalue weighted by atomic mass is 19.1. The molecule has 2 aromatic carbocycles. The highest BCUT2D eigenvalue weighted by Gasteiger charge is 2.48. The minimum Gasteiger partial charge on any atom is -0.388 e. The van der Waals surface area contributed by atoms with E-state index in [1.165, 1.54) is 6.07 Å². The highest BCUT2D eigenvalue weighted by molar-refractivity contribution is 6.13. The number of amides is 1. The molecule has 2 aliphatic rings. The topological polar surface area (TPSA) is 69.2 Å². The Kier molecular flexibility index (Phi) is 3.59. The number of para-hydroxylation sites is 1. The highest BCUT2D eigenvalue weighted by Crippen LogP contribution is 2.51. The average Bonchev–Trinajstić information content (AvgIpc) is 3.39.